The van der Waals surface area contributed by atoms with Crippen LogP contribution in [0.4, 0.5) is 0 Å². The van der Waals surface area contributed by atoms with Gasteiger partial charge in [0.15, 0.2) is 5.69 Å². The zero-order valence-corrected chi connectivity index (χ0v) is 14.8. The first-order valence-corrected chi connectivity index (χ1v) is 9.09. The number of nitrogens with zero attached hydrogens (tertiary/aromatic N) is 2. The fourth-order valence-corrected chi connectivity index (χ4v) is 3.54. The van der Waals surface area contributed by atoms with Crippen LogP contribution >= 0.6 is 11.6 Å². The van der Waals surface area contributed by atoms with Gasteiger partial charge in [-0.1, -0.05) is 23.7 Å². The molecule has 130 valence electrons. The molecule has 0 radical (unpaired) electrons. The smallest absolute Gasteiger partial charge is 0.276 e. The van der Waals surface area contributed by atoms with Crippen LogP contribution in [0.25, 0.3) is 5.69 Å². The standard InChI is InChI=1S/C19H20ClN3O2/c1-11-10-16(24)18(22-23(11)15-5-3-2-4-14(15)20)19(25)21-17(12-6-7-12)13-8-9-13/h2-5,10,12-13,17H,6-9H2,1H3,(H,21,25). The van der Waals surface area contributed by atoms with Crippen molar-refractivity contribution in [3.63, 3.8) is 0 Å². The van der Waals surface area contributed by atoms with Crippen LogP contribution in [0.3, 0.4) is 0 Å². The van der Waals surface area contributed by atoms with Gasteiger partial charge in [0.25, 0.3) is 5.91 Å². The van der Waals surface area contributed by atoms with Crippen LogP contribution in [0.15, 0.2) is 35.1 Å². The van der Waals surface area contributed by atoms with E-state index in [1.807, 2.05) is 18.2 Å². The van der Waals surface area contributed by atoms with Crippen LogP contribution in [0.5, 0.6) is 0 Å². The third-order valence-corrected chi connectivity index (χ3v) is 5.28. The number of hydrogen-bond donors (Lipinski definition) is 1. The van der Waals surface area contributed by atoms with Gasteiger partial charge < -0.3 is 5.32 Å². The number of aryl methyl sites for hydroxylation is 1. The largest absolute Gasteiger partial charge is 0.347 e. The maximum Gasteiger partial charge on any atom is 0.276 e. The van der Waals surface area contributed by atoms with Crippen molar-refractivity contribution in [2.45, 2.75) is 38.6 Å². The van der Waals surface area contributed by atoms with Crippen molar-refractivity contribution in [3.05, 3.63) is 57.0 Å². The van der Waals surface area contributed by atoms with E-state index in [-0.39, 0.29) is 23.1 Å². The zero-order valence-electron chi connectivity index (χ0n) is 14.0. The van der Waals surface area contributed by atoms with Crippen molar-refractivity contribution in [1.82, 2.24) is 15.1 Å². The van der Waals surface area contributed by atoms with Crippen molar-refractivity contribution in [2.75, 3.05) is 0 Å². The molecule has 2 aliphatic rings. The Kier molecular flexibility index (Phi) is 4.12. The van der Waals surface area contributed by atoms with E-state index in [4.69, 9.17) is 11.6 Å². The van der Waals surface area contributed by atoms with Gasteiger partial charge in [-0.25, -0.2) is 4.68 Å². The van der Waals surface area contributed by atoms with E-state index >= 15 is 0 Å². The van der Waals surface area contributed by atoms with Crippen LogP contribution in [-0.2, 0) is 0 Å². The minimum Gasteiger partial charge on any atom is -0.347 e. The molecule has 2 saturated carbocycles. The second-order valence-corrected chi connectivity index (χ2v) is 7.44. The number of carbonyl (C=O) groups excluding carboxylic acids is 1. The highest BCUT2D eigenvalue weighted by atomic mass is 35.5. The number of rotatable bonds is 5. The van der Waals surface area contributed by atoms with Gasteiger partial charge in [-0.05, 0) is 56.6 Å². The van der Waals surface area contributed by atoms with Gasteiger partial charge >= 0.3 is 0 Å². The maximum absolute atomic E-state index is 12.7. The SMILES string of the molecule is Cc1cc(=O)c(C(=O)NC(C2CC2)C2CC2)nn1-c1ccccc1Cl. The molecule has 1 aromatic heterocycles. The summed E-state index contributed by atoms with van der Waals surface area (Å²) in [4.78, 5) is 25.0. The highest BCUT2D eigenvalue weighted by Gasteiger charge is 2.42. The minimum absolute atomic E-state index is 0.0724. The summed E-state index contributed by atoms with van der Waals surface area (Å²) in [5, 5.41) is 7.90. The first-order chi connectivity index (χ1) is 12.0. The molecule has 1 N–H and O–H groups in total. The normalized spacial score (nSPS) is 16.9. The van der Waals surface area contributed by atoms with E-state index in [0.29, 0.717) is 28.2 Å². The van der Waals surface area contributed by atoms with Crippen molar-refractivity contribution in [3.8, 4) is 5.69 Å². The summed E-state index contributed by atoms with van der Waals surface area (Å²) in [6.45, 7) is 1.77. The Morgan fingerprint density at radius 1 is 1.24 bits per heavy atom. The molecule has 0 atom stereocenters. The molecule has 5 nitrogen and oxygen atoms in total. The molecule has 1 heterocycles. The lowest BCUT2D eigenvalue weighted by molar-refractivity contribution is 0.0918. The number of nitrogens with one attached hydrogen (secondary N) is 1. The minimum atomic E-state index is -0.380. The van der Waals surface area contributed by atoms with Crippen LogP contribution in [0.1, 0.15) is 41.9 Å². The highest BCUT2D eigenvalue weighted by molar-refractivity contribution is 6.32. The Labute approximate surface area is 151 Å². The van der Waals surface area contributed by atoms with Gasteiger partial charge in [0.05, 0.1) is 10.7 Å². The van der Waals surface area contributed by atoms with Gasteiger partial charge in [-0.2, -0.15) is 5.10 Å². The van der Waals surface area contributed by atoms with E-state index in [1.54, 1.807) is 17.7 Å². The molecule has 2 fully saturated rings. The van der Waals surface area contributed by atoms with E-state index in [0.717, 1.165) is 25.7 Å². The average Bonchev–Trinajstić information content (AvgIpc) is 3.47. The van der Waals surface area contributed by atoms with E-state index in [2.05, 4.69) is 10.4 Å². The molecule has 2 aliphatic carbocycles. The maximum atomic E-state index is 12.7. The summed E-state index contributed by atoms with van der Waals surface area (Å²) < 4.78 is 1.56. The highest BCUT2D eigenvalue weighted by Crippen LogP contribution is 2.44. The molecule has 0 bridgehead atoms. The molecule has 6 heteroatoms. The summed E-state index contributed by atoms with van der Waals surface area (Å²) in [6.07, 6.45) is 4.64. The molecule has 1 amide bonds. The van der Waals surface area contributed by atoms with Crippen molar-refractivity contribution < 1.29 is 4.79 Å². The monoisotopic (exact) mass is 357 g/mol. The Morgan fingerprint density at radius 2 is 1.88 bits per heavy atom. The van der Waals surface area contributed by atoms with E-state index in [9.17, 15) is 9.59 Å². The molecule has 1 aromatic carbocycles. The third-order valence-electron chi connectivity index (χ3n) is 4.96. The summed E-state index contributed by atoms with van der Waals surface area (Å²) in [5.41, 5.74) is 0.854. The fourth-order valence-electron chi connectivity index (χ4n) is 3.32. The van der Waals surface area contributed by atoms with Gasteiger partial charge in [-0.15, -0.1) is 0 Å². The second kappa shape index (κ2) is 6.30. The molecule has 4 rings (SSSR count). The van der Waals surface area contributed by atoms with E-state index in [1.165, 1.54) is 6.07 Å². The molecular formula is C19H20ClN3O2. The number of benzene rings is 1. The average molecular weight is 358 g/mol. The molecule has 0 aliphatic heterocycles. The quantitative estimate of drug-likeness (QED) is 0.894. The van der Waals surface area contributed by atoms with Crippen molar-refractivity contribution in [1.29, 1.82) is 0 Å². The molecule has 2 aromatic rings. The number of aromatic nitrogens is 2. The van der Waals surface area contributed by atoms with Gasteiger partial charge in [-0.3, -0.25) is 9.59 Å². The Bertz CT molecular complexity index is 872. The summed E-state index contributed by atoms with van der Waals surface area (Å²) in [7, 11) is 0. The topological polar surface area (TPSA) is 64.0 Å². The lowest BCUT2D eigenvalue weighted by atomic mass is 10.1. The molecule has 0 unspecified atom stereocenters. The lowest BCUT2D eigenvalue weighted by Gasteiger charge is -2.18. The Hall–Kier alpha value is -2.14. The predicted octanol–water partition coefficient (Wildman–Crippen LogP) is 3.11. The van der Waals surface area contributed by atoms with Crippen LogP contribution in [-0.4, -0.2) is 21.7 Å². The lowest BCUT2D eigenvalue weighted by Crippen LogP contribution is -2.41. The zero-order chi connectivity index (χ0) is 17.6. The van der Waals surface area contributed by atoms with Gasteiger partial charge in [0.1, 0.15) is 0 Å². The number of hydrogen-bond acceptors (Lipinski definition) is 3. The predicted molar refractivity (Wildman–Crippen MR) is 96.3 cm³/mol. The number of halogens is 1. The third kappa shape index (κ3) is 3.33. The van der Waals surface area contributed by atoms with Crippen LogP contribution < -0.4 is 10.7 Å². The number of carbonyl (C=O) groups is 1. The van der Waals surface area contributed by atoms with Crippen molar-refractivity contribution >= 4 is 17.5 Å². The summed E-state index contributed by atoms with van der Waals surface area (Å²) in [6, 6.07) is 8.86. The Morgan fingerprint density at radius 3 is 2.48 bits per heavy atom. The molecule has 25 heavy (non-hydrogen) atoms. The van der Waals surface area contributed by atoms with Gasteiger partial charge in [0.2, 0.25) is 5.43 Å². The summed E-state index contributed by atoms with van der Waals surface area (Å²) in [5.74, 6) is 0.745. The number of para-hydroxylation sites is 1. The van der Waals surface area contributed by atoms with E-state index < -0.39 is 0 Å². The fraction of sp³-hybridized carbons (Fsp3) is 0.421. The van der Waals surface area contributed by atoms with Crippen LogP contribution in [0, 0.1) is 18.8 Å². The number of amides is 1. The van der Waals surface area contributed by atoms with Crippen molar-refractivity contribution in [2.24, 2.45) is 11.8 Å². The van der Waals surface area contributed by atoms with Crippen LogP contribution in [0.2, 0.25) is 5.02 Å². The molecule has 0 spiro atoms. The Balaban J connectivity index is 1.67. The first kappa shape index (κ1) is 16.3. The molecular weight excluding hydrogens is 338 g/mol. The first-order valence-electron chi connectivity index (χ1n) is 8.71. The molecule has 0 saturated heterocycles. The van der Waals surface area contributed by atoms with Gasteiger partial charge in [0, 0.05) is 17.8 Å². The summed E-state index contributed by atoms with van der Waals surface area (Å²) >= 11 is 6.25. The second-order valence-electron chi connectivity index (χ2n) is 7.04.